The fourth-order valence-corrected chi connectivity index (χ4v) is 1.44. The summed E-state index contributed by atoms with van der Waals surface area (Å²) in [5.74, 6) is 0. The van der Waals surface area contributed by atoms with Gasteiger partial charge in [0.05, 0.1) is 17.4 Å². The van der Waals surface area contributed by atoms with Crippen molar-refractivity contribution in [3.05, 3.63) is 30.6 Å². The quantitative estimate of drug-likeness (QED) is 0.580. The van der Waals surface area contributed by atoms with Gasteiger partial charge in [-0.1, -0.05) is 12.1 Å². The highest BCUT2D eigenvalue weighted by Crippen LogP contribution is 2.17. The molecule has 0 aliphatic rings. The Morgan fingerprint density at radius 1 is 1.46 bits per heavy atom. The summed E-state index contributed by atoms with van der Waals surface area (Å²) in [6.07, 6.45) is 2.40. The third kappa shape index (κ3) is 1.33. The molecule has 3 nitrogen and oxygen atoms in total. The van der Waals surface area contributed by atoms with Crippen LogP contribution in [0.5, 0.6) is 0 Å². The van der Waals surface area contributed by atoms with Gasteiger partial charge in [-0.3, -0.25) is 0 Å². The number of para-hydroxylation sites is 2. The largest absolute Gasteiger partial charge is 0.311 e. The van der Waals surface area contributed by atoms with E-state index in [2.05, 4.69) is 17.6 Å². The second-order valence-electron chi connectivity index (χ2n) is 2.69. The third-order valence-electron chi connectivity index (χ3n) is 1.89. The number of hydrogen-bond donors (Lipinski definition) is 1. The molecule has 0 spiro atoms. The van der Waals surface area contributed by atoms with E-state index in [0.717, 1.165) is 17.3 Å². The molecule has 1 aromatic carbocycles. The molecule has 0 bridgehead atoms. The second kappa shape index (κ2) is 3.22. The standard InChI is InChI=1S/C9H8N2OS/c12-5-9(13)11-6-10-7-3-1-2-4-8(7)11/h1-6,9,13H. The molecular weight excluding hydrogens is 184 g/mol. The third-order valence-corrected chi connectivity index (χ3v) is 2.26. The van der Waals surface area contributed by atoms with Gasteiger partial charge >= 0.3 is 0 Å². The molecule has 2 rings (SSSR count). The lowest BCUT2D eigenvalue weighted by Crippen LogP contribution is -2.01. The SMILES string of the molecule is O=CC(S)n1cnc2ccccc21. The predicted octanol–water partition coefficient (Wildman–Crippen LogP) is 1.66. The normalized spacial score (nSPS) is 13.0. The number of fused-ring (bicyclic) bond motifs is 1. The van der Waals surface area contributed by atoms with Crippen molar-refractivity contribution >= 4 is 29.9 Å². The van der Waals surface area contributed by atoms with Crippen molar-refractivity contribution in [3.63, 3.8) is 0 Å². The van der Waals surface area contributed by atoms with E-state index < -0.39 is 5.37 Å². The number of benzene rings is 1. The summed E-state index contributed by atoms with van der Waals surface area (Å²) >= 11 is 4.12. The molecule has 0 saturated carbocycles. The van der Waals surface area contributed by atoms with E-state index in [9.17, 15) is 4.79 Å². The number of carbonyl (C=O) groups is 1. The van der Waals surface area contributed by atoms with Crippen molar-refractivity contribution in [1.82, 2.24) is 9.55 Å². The molecule has 0 saturated heterocycles. The zero-order valence-corrected chi connectivity index (χ0v) is 7.69. The Morgan fingerprint density at radius 2 is 2.23 bits per heavy atom. The number of aldehydes is 1. The Hall–Kier alpha value is -1.29. The molecule has 2 aromatic rings. The number of aromatic nitrogens is 2. The minimum atomic E-state index is -0.451. The molecular formula is C9H8N2OS. The lowest BCUT2D eigenvalue weighted by Gasteiger charge is -2.04. The summed E-state index contributed by atoms with van der Waals surface area (Å²) in [4.78, 5) is 14.7. The molecule has 1 atom stereocenters. The zero-order valence-electron chi connectivity index (χ0n) is 6.79. The molecule has 0 amide bonds. The van der Waals surface area contributed by atoms with Gasteiger partial charge in [0.1, 0.15) is 5.37 Å². The van der Waals surface area contributed by atoms with Gasteiger partial charge < -0.3 is 9.36 Å². The monoisotopic (exact) mass is 192 g/mol. The summed E-state index contributed by atoms with van der Waals surface area (Å²) in [6, 6.07) is 7.63. The lowest BCUT2D eigenvalue weighted by molar-refractivity contribution is -0.108. The molecule has 13 heavy (non-hydrogen) atoms. The van der Waals surface area contributed by atoms with Crippen LogP contribution >= 0.6 is 12.6 Å². The van der Waals surface area contributed by atoms with Crippen LogP contribution in [0.4, 0.5) is 0 Å². The van der Waals surface area contributed by atoms with E-state index in [1.807, 2.05) is 24.3 Å². The molecule has 0 radical (unpaired) electrons. The molecule has 0 aliphatic carbocycles. The van der Waals surface area contributed by atoms with Crippen molar-refractivity contribution in [3.8, 4) is 0 Å². The number of imidazole rings is 1. The summed E-state index contributed by atoms with van der Waals surface area (Å²) in [5, 5.41) is -0.451. The van der Waals surface area contributed by atoms with Gasteiger partial charge in [0.25, 0.3) is 0 Å². The van der Waals surface area contributed by atoms with Crippen LogP contribution in [0.3, 0.4) is 0 Å². The van der Waals surface area contributed by atoms with Crippen LogP contribution in [0.2, 0.25) is 0 Å². The van der Waals surface area contributed by atoms with Crippen LogP contribution < -0.4 is 0 Å². The maximum Gasteiger partial charge on any atom is 0.152 e. The number of carbonyl (C=O) groups excluding carboxylic acids is 1. The van der Waals surface area contributed by atoms with E-state index >= 15 is 0 Å². The van der Waals surface area contributed by atoms with Gasteiger partial charge in [-0.25, -0.2) is 4.98 Å². The Bertz CT molecular complexity index is 438. The van der Waals surface area contributed by atoms with E-state index in [-0.39, 0.29) is 0 Å². The van der Waals surface area contributed by atoms with Gasteiger partial charge in [0, 0.05) is 0 Å². The number of thiol groups is 1. The average Bonchev–Trinajstić information content (AvgIpc) is 2.60. The fraction of sp³-hybridized carbons (Fsp3) is 0.111. The molecule has 1 aromatic heterocycles. The smallest absolute Gasteiger partial charge is 0.152 e. The Balaban J connectivity index is 2.64. The number of nitrogens with zero attached hydrogens (tertiary/aromatic N) is 2. The summed E-state index contributed by atoms with van der Waals surface area (Å²) in [6.45, 7) is 0. The lowest BCUT2D eigenvalue weighted by atomic mass is 10.3. The molecule has 4 heteroatoms. The van der Waals surface area contributed by atoms with Crippen LogP contribution in [0.1, 0.15) is 5.37 Å². The minimum absolute atomic E-state index is 0.451. The average molecular weight is 192 g/mol. The Kier molecular flexibility index (Phi) is 2.06. The first-order chi connectivity index (χ1) is 6.33. The van der Waals surface area contributed by atoms with Crippen molar-refractivity contribution in [1.29, 1.82) is 0 Å². The molecule has 1 heterocycles. The predicted molar refractivity (Wildman–Crippen MR) is 53.8 cm³/mol. The number of rotatable bonds is 2. The fourth-order valence-electron chi connectivity index (χ4n) is 1.25. The van der Waals surface area contributed by atoms with Crippen LogP contribution in [-0.2, 0) is 4.79 Å². The van der Waals surface area contributed by atoms with E-state index in [0.29, 0.717) is 0 Å². The summed E-state index contributed by atoms with van der Waals surface area (Å²) < 4.78 is 1.73. The highest BCUT2D eigenvalue weighted by Gasteiger charge is 2.07. The van der Waals surface area contributed by atoms with Gasteiger partial charge in [-0.05, 0) is 12.1 Å². The van der Waals surface area contributed by atoms with E-state index in [4.69, 9.17) is 0 Å². The topological polar surface area (TPSA) is 34.9 Å². The molecule has 1 unspecified atom stereocenters. The molecule has 0 aliphatic heterocycles. The van der Waals surface area contributed by atoms with Crippen LogP contribution in [0.15, 0.2) is 30.6 Å². The zero-order chi connectivity index (χ0) is 9.26. The highest BCUT2D eigenvalue weighted by molar-refractivity contribution is 7.81. The van der Waals surface area contributed by atoms with Crippen LogP contribution in [-0.4, -0.2) is 15.8 Å². The van der Waals surface area contributed by atoms with Crippen molar-refractivity contribution in [2.75, 3.05) is 0 Å². The van der Waals surface area contributed by atoms with Gasteiger partial charge in [-0.15, -0.1) is 12.6 Å². The minimum Gasteiger partial charge on any atom is -0.311 e. The first kappa shape index (κ1) is 8.31. The maximum absolute atomic E-state index is 10.5. The van der Waals surface area contributed by atoms with Crippen molar-refractivity contribution < 1.29 is 4.79 Å². The van der Waals surface area contributed by atoms with Crippen molar-refractivity contribution in [2.45, 2.75) is 5.37 Å². The van der Waals surface area contributed by atoms with Gasteiger partial charge in [0.2, 0.25) is 0 Å². The van der Waals surface area contributed by atoms with Crippen molar-refractivity contribution in [2.24, 2.45) is 0 Å². The molecule has 0 fully saturated rings. The van der Waals surface area contributed by atoms with E-state index in [1.165, 1.54) is 0 Å². The summed E-state index contributed by atoms with van der Waals surface area (Å²) in [5.41, 5.74) is 1.80. The highest BCUT2D eigenvalue weighted by atomic mass is 32.1. The first-order valence-electron chi connectivity index (χ1n) is 3.88. The van der Waals surface area contributed by atoms with E-state index in [1.54, 1.807) is 10.9 Å². The maximum atomic E-state index is 10.5. The van der Waals surface area contributed by atoms with Gasteiger partial charge in [0.15, 0.2) is 6.29 Å². The van der Waals surface area contributed by atoms with Crippen LogP contribution in [0.25, 0.3) is 11.0 Å². The second-order valence-corrected chi connectivity index (χ2v) is 3.22. The molecule has 0 N–H and O–H groups in total. The Morgan fingerprint density at radius 3 is 3.00 bits per heavy atom. The summed E-state index contributed by atoms with van der Waals surface area (Å²) in [7, 11) is 0. The first-order valence-corrected chi connectivity index (χ1v) is 4.39. The Labute approximate surface area is 80.8 Å². The molecule has 66 valence electrons. The van der Waals surface area contributed by atoms with Crippen LogP contribution in [0, 0.1) is 0 Å². The van der Waals surface area contributed by atoms with Gasteiger partial charge in [-0.2, -0.15) is 0 Å². The number of hydrogen-bond acceptors (Lipinski definition) is 3.